The van der Waals surface area contributed by atoms with Gasteiger partial charge in [0.2, 0.25) is 0 Å². The van der Waals surface area contributed by atoms with E-state index >= 15 is 0 Å². The molecule has 2 unspecified atom stereocenters. The van der Waals surface area contributed by atoms with Crippen LogP contribution in [-0.4, -0.2) is 29.8 Å². The summed E-state index contributed by atoms with van der Waals surface area (Å²) in [5.74, 6) is -0.872. The molecule has 0 aromatic heterocycles. The molecule has 0 amide bonds. The molecule has 9 heteroatoms. The third kappa shape index (κ3) is 2.38. The number of ether oxygens (including phenoxy) is 1. The third-order valence-corrected chi connectivity index (χ3v) is 4.06. The lowest BCUT2D eigenvalue weighted by Crippen LogP contribution is -2.40. The van der Waals surface area contributed by atoms with Crippen molar-refractivity contribution < 1.29 is 24.1 Å². The van der Waals surface area contributed by atoms with E-state index in [9.17, 15) is 14.9 Å². The quantitative estimate of drug-likeness (QED) is 0.507. The Morgan fingerprint density at radius 3 is 2.79 bits per heavy atom. The summed E-state index contributed by atoms with van der Waals surface area (Å²) < 4.78 is 4.82. The smallest absolute Gasteiger partial charge is 0.336 e. The topological polar surface area (TPSA) is 112 Å². The van der Waals surface area contributed by atoms with Crippen molar-refractivity contribution in [3.8, 4) is 11.5 Å². The van der Waals surface area contributed by atoms with E-state index in [0.29, 0.717) is 28.5 Å². The standard InChI is InChI=1S/C15H15N3O6/c1-7-11(15(19)22-3)12(13(18(20)21)8(2)16-7)9-5-4-6-10-14(9)24-17-23-10/h4-6,12-13,17H,1-3H3. The molecule has 1 N–H and O–H groups in total. The van der Waals surface area contributed by atoms with Crippen LogP contribution in [0.5, 0.6) is 11.5 Å². The van der Waals surface area contributed by atoms with E-state index in [2.05, 4.69) is 10.6 Å². The van der Waals surface area contributed by atoms with Gasteiger partial charge in [0.1, 0.15) is 0 Å². The number of para-hydroxylation sites is 1. The highest BCUT2D eigenvalue weighted by atomic mass is 16.9. The van der Waals surface area contributed by atoms with E-state index in [0.717, 1.165) is 0 Å². The second-order valence-electron chi connectivity index (χ2n) is 5.41. The lowest BCUT2D eigenvalue weighted by molar-refractivity contribution is -0.505. The second kappa shape index (κ2) is 5.93. The average Bonchev–Trinajstić information content (AvgIpc) is 3.01. The van der Waals surface area contributed by atoms with Crippen molar-refractivity contribution in [3.63, 3.8) is 0 Å². The number of carbonyl (C=O) groups is 1. The van der Waals surface area contributed by atoms with Crippen molar-refractivity contribution in [2.75, 3.05) is 7.11 Å². The number of carbonyl (C=O) groups excluding carboxylic acids is 1. The number of nitrogens with one attached hydrogen (secondary N) is 1. The van der Waals surface area contributed by atoms with Gasteiger partial charge in [0, 0.05) is 21.8 Å². The molecule has 0 fully saturated rings. The van der Waals surface area contributed by atoms with Gasteiger partial charge >= 0.3 is 5.97 Å². The van der Waals surface area contributed by atoms with Crippen molar-refractivity contribution in [1.29, 1.82) is 0 Å². The van der Waals surface area contributed by atoms with Gasteiger partial charge in [-0.2, -0.15) is 0 Å². The van der Waals surface area contributed by atoms with Crippen molar-refractivity contribution in [1.82, 2.24) is 5.64 Å². The van der Waals surface area contributed by atoms with Gasteiger partial charge in [0.15, 0.2) is 11.5 Å². The number of methoxy groups -OCH3 is 1. The SMILES string of the molecule is COC(=O)C1=C(C)N=C(C)C([N+](=O)[O-])C1c1cccc2c1ONO2. The maximum atomic E-state index is 12.3. The zero-order chi connectivity index (χ0) is 17.4. The lowest BCUT2D eigenvalue weighted by atomic mass is 9.79. The number of fused-ring (bicyclic) bond motifs is 1. The lowest BCUT2D eigenvalue weighted by Gasteiger charge is -2.27. The van der Waals surface area contributed by atoms with Gasteiger partial charge in [-0.3, -0.25) is 15.1 Å². The highest BCUT2D eigenvalue weighted by Crippen LogP contribution is 2.45. The minimum Gasteiger partial charge on any atom is -0.466 e. The molecule has 0 saturated heterocycles. The maximum Gasteiger partial charge on any atom is 0.336 e. The van der Waals surface area contributed by atoms with Gasteiger partial charge in [-0.05, 0) is 19.9 Å². The zero-order valence-electron chi connectivity index (χ0n) is 13.2. The van der Waals surface area contributed by atoms with Crippen LogP contribution in [0.25, 0.3) is 0 Å². The van der Waals surface area contributed by atoms with Crippen LogP contribution in [0.2, 0.25) is 0 Å². The minimum absolute atomic E-state index is 0.133. The van der Waals surface area contributed by atoms with Crippen LogP contribution in [0.3, 0.4) is 0 Å². The fraction of sp³-hybridized carbons (Fsp3) is 0.333. The van der Waals surface area contributed by atoms with Crippen molar-refractivity contribution in [3.05, 3.63) is 45.1 Å². The fourth-order valence-electron chi connectivity index (χ4n) is 3.07. The number of allylic oxidation sites excluding steroid dienone is 1. The molecule has 126 valence electrons. The normalized spacial score (nSPS) is 22.2. The van der Waals surface area contributed by atoms with Crippen LogP contribution in [0, 0.1) is 10.1 Å². The van der Waals surface area contributed by atoms with E-state index in [1.165, 1.54) is 7.11 Å². The molecule has 2 aliphatic rings. The first kappa shape index (κ1) is 15.9. The van der Waals surface area contributed by atoms with Gasteiger partial charge in [-0.1, -0.05) is 12.1 Å². The monoisotopic (exact) mass is 333 g/mol. The average molecular weight is 333 g/mol. The Morgan fingerprint density at radius 1 is 1.38 bits per heavy atom. The van der Waals surface area contributed by atoms with Gasteiger partial charge < -0.3 is 14.4 Å². The van der Waals surface area contributed by atoms with Crippen molar-refractivity contribution >= 4 is 11.7 Å². The van der Waals surface area contributed by atoms with Gasteiger partial charge in [-0.25, -0.2) is 4.79 Å². The molecule has 0 spiro atoms. The minimum atomic E-state index is -1.21. The van der Waals surface area contributed by atoms with Crippen molar-refractivity contribution in [2.24, 2.45) is 4.99 Å². The number of rotatable bonds is 3. The number of nitro groups is 1. The van der Waals surface area contributed by atoms with Crippen LogP contribution in [0.1, 0.15) is 25.3 Å². The largest absolute Gasteiger partial charge is 0.466 e. The van der Waals surface area contributed by atoms with E-state index < -0.39 is 22.9 Å². The molecule has 0 radical (unpaired) electrons. The molecule has 9 nitrogen and oxygen atoms in total. The van der Waals surface area contributed by atoms with Crippen LogP contribution >= 0.6 is 0 Å². The zero-order valence-corrected chi connectivity index (χ0v) is 13.2. The Kier molecular flexibility index (Phi) is 3.94. The number of aliphatic imine (C=N–C) groups is 1. The molecule has 0 aliphatic carbocycles. The molecular weight excluding hydrogens is 318 g/mol. The van der Waals surface area contributed by atoms with E-state index in [-0.39, 0.29) is 5.57 Å². The Balaban J connectivity index is 2.24. The van der Waals surface area contributed by atoms with Crippen molar-refractivity contribution in [2.45, 2.75) is 25.8 Å². The van der Waals surface area contributed by atoms with Crippen LogP contribution in [-0.2, 0) is 9.53 Å². The first-order valence-corrected chi connectivity index (χ1v) is 7.15. The summed E-state index contributed by atoms with van der Waals surface area (Å²) in [4.78, 5) is 38.0. The molecule has 2 atom stereocenters. The van der Waals surface area contributed by atoms with E-state index in [1.54, 1.807) is 32.0 Å². The van der Waals surface area contributed by atoms with Crippen LogP contribution in [0.4, 0.5) is 0 Å². The van der Waals surface area contributed by atoms with Gasteiger partial charge in [0.25, 0.3) is 6.04 Å². The number of nitrogens with zero attached hydrogens (tertiary/aromatic N) is 2. The van der Waals surface area contributed by atoms with Gasteiger partial charge in [-0.15, -0.1) is 0 Å². The summed E-state index contributed by atoms with van der Waals surface area (Å²) in [5.41, 5.74) is 3.53. The number of hydrogen-bond donors (Lipinski definition) is 1. The van der Waals surface area contributed by atoms with Crippen LogP contribution < -0.4 is 15.3 Å². The predicted molar refractivity (Wildman–Crippen MR) is 82.2 cm³/mol. The highest BCUT2D eigenvalue weighted by molar-refractivity contribution is 5.98. The highest BCUT2D eigenvalue weighted by Gasteiger charge is 2.46. The third-order valence-electron chi connectivity index (χ3n) is 4.06. The fourth-order valence-corrected chi connectivity index (χ4v) is 3.07. The molecule has 3 rings (SSSR count). The number of hydrogen-bond acceptors (Lipinski definition) is 8. The summed E-state index contributed by atoms with van der Waals surface area (Å²) in [6.45, 7) is 3.19. The summed E-state index contributed by atoms with van der Waals surface area (Å²) in [5, 5.41) is 11.7. The number of benzene rings is 1. The molecule has 0 bridgehead atoms. The van der Waals surface area contributed by atoms with Crippen LogP contribution in [0.15, 0.2) is 34.5 Å². The Bertz CT molecular complexity index is 785. The summed E-state index contributed by atoms with van der Waals surface area (Å²) >= 11 is 0. The second-order valence-corrected chi connectivity index (χ2v) is 5.41. The molecule has 2 aliphatic heterocycles. The number of esters is 1. The molecule has 1 aromatic rings. The Hall–Kier alpha value is -2.94. The van der Waals surface area contributed by atoms with E-state index in [4.69, 9.17) is 14.4 Å². The van der Waals surface area contributed by atoms with E-state index in [1.807, 2.05) is 0 Å². The molecule has 24 heavy (non-hydrogen) atoms. The molecular formula is C15H15N3O6. The molecule has 0 saturated carbocycles. The first-order chi connectivity index (χ1) is 11.5. The summed E-state index contributed by atoms with van der Waals surface area (Å²) in [6.07, 6.45) is 0. The Labute approximate surface area is 137 Å². The molecule has 1 aromatic carbocycles. The maximum absolute atomic E-state index is 12.3. The molecule has 2 heterocycles. The Morgan fingerprint density at radius 2 is 2.12 bits per heavy atom. The summed E-state index contributed by atoms with van der Waals surface area (Å²) in [6, 6.07) is 3.77. The van der Waals surface area contributed by atoms with Gasteiger partial charge in [0.05, 0.1) is 24.3 Å². The predicted octanol–water partition coefficient (Wildman–Crippen LogP) is 1.53. The first-order valence-electron chi connectivity index (χ1n) is 7.15. The summed E-state index contributed by atoms with van der Waals surface area (Å²) in [7, 11) is 1.22.